The number of carbonyl (C=O) groups is 1. The Kier molecular flexibility index (Phi) is 4.40. The molecular weight excluding hydrogens is 240 g/mol. The third kappa shape index (κ3) is 3.25. The second-order valence-corrected chi connectivity index (χ2v) is 5.48. The van der Waals surface area contributed by atoms with Crippen LogP contribution in [0.5, 0.6) is 0 Å². The third-order valence-electron chi connectivity index (χ3n) is 3.65. The SMILES string of the molecule is Cc1onc(C2CCCCC2)c1C(=O)/C=C/N(C)C. The van der Waals surface area contributed by atoms with E-state index in [0.717, 1.165) is 18.5 Å². The highest BCUT2D eigenvalue weighted by atomic mass is 16.5. The molecule has 1 aromatic heterocycles. The second kappa shape index (κ2) is 6.04. The van der Waals surface area contributed by atoms with Gasteiger partial charge in [0.2, 0.25) is 0 Å². The largest absolute Gasteiger partial charge is 0.383 e. The summed E-state index contributed by atoms with van der Waals surface area (Å²) in [5.74, 6) is 1.01. The summed E-state index contributed by atoms with van der Waals surface area (Å²) in [5, 5.41) is 4.14. The van der Waals surface area contributed by atoms with Gasteiger partial charge in [-0.25, -0.2) is 0 Å². The van der Waals surface area contributed by atoms with Crippen LogP contribution in [0.4, 0.5) is 0 Å². The number of hydrogen-bond donors (Lipinski definition) is 0. The fourth-order valence-electron chi connectivity index (χ4n) is 2.64. The Hall–Kier alpha value is -1.58. The number of ketones is 1. The van der Waals surface area contributed by atoms with E-state index in [-0.39, 0.29) is 5.78 Å². The smallest absolute Gasteiger partial charge is 0.192 e. The predicted octanol–water partition coefficient (Wildman–Crippen LogP) is 3.29. The quantitative estimate of drug-likeness (QED) is 0.617. The first-order valence-electron chi connectivity index (χ1n) is 6.94. The Morgan fingerprint density at radius 3 is 2.63 bits per heavy atom. The summed E-state index contributed by atoms with van der Waals surface area (Å²) in [4.78, 5) is 14.1. The Morgan fingerprint density at radius 1 is 1.32 bits per heavy atom. The van der Waals surface area contributed by atoms with Gasteiger partial charge in [0.15, 0.2) is 5.78 Å². The monoisotopic (exact) mass is 262 g/mol. The fraction of sp³-hybridized carbons (Fsp3) is 0.600. The molecule has 2 rings (SSSR count). The van der Waals surface area contributed by atoms with E-state index in [1.54, 1.807) is 12.3 Å². The van der Waals surface area contributed by atoms with E-state index in [2.05, 4.69) is 5.16 Å². The number of aryl methyl sites for hydroxylation is 1. The Morgan fingerprint density at radius 2 is 2.00 bits per heavy atom. The third-order valence-corrected chi connectivity index (χ3v) is 3.65. The highest BCUT2D eigenvalue weighted by Gasteiger charge is 2.26. The second-order valence-electron chi connectivity index (χ2n) is 5.48. The minimum atomic E-state index is -0.00646. The van der Waals surface area contributed by atoms with Crippen molar-refractivity contribution in [2.75, 3.05) is 14.1 Å². The first kappa shape index (κ1) is 13.8. The average molecular weight is 262 g/mol. The first-order chi connectivity index (χ1) is 9.09. The molecule has 0 atom stereocenters. The molecule has 0 N–H and O–H groups in total. The molecule has 1 aromatic rings. The minimum absolute atomic E-state index is 0.00646. The zero-order valence-electron chi connectivity index (χ0n) is 12.0. The molecule has 0 spiro atoms. The van der Waals surface area contributed by atoms with Crippen LogP contribution in [0.1, 0.15) is 59.8 Å². The summed E-state index contributed by atoms with van der Waals surface area (Å²) < 4.78 is 5.26. The first-order valence-corrected chi connectivity index (χ1v) is 6.94. The van der Waals surface area contributed by atoms with Crippen molar-refractivity contribution in [3.8, 4) is 0 Å². The van der Waals surface area contributed by atoms with Crippen LogP contribution in [0.3, 0.4) is 0 Å². The van der Waals surface area contributed by atoms with Gasteiger partial charge >= 0.3 is 0 Å². The molecule has 19 heavy (non-hydrogen) atoms. The predicted molar refractivity (Wildman–Crippen MR) is 74.2 cm³/mol. The van der Waals surface area contributed by atoms with Crippen LogP contribution in [-0.2, 0) is 0 Å². The molecule has 1 aliphatic rings. The van der Waals surface area contributed by atoms with E-state index < -0.39 is 0 Å². The van der Waals surface area contributed by atoms with Gasteiger partial charge in [0, 0.05) is 32.3 Å². The minimum Gasteiger partial charge on any atom is -0.383 e. The lowest BCUT2D eigenvalue weighted by molar-refractivity contribution is 0.104. The molecule has 1 heterocycles. The zero-order valence-corrected chi connectivity index (χ0v) is 12.0. The van der Waals surface area contributed by atoms with E-state index in [9.17, 15) is 4.79 Å². The van der Waals surface area contributed by atoms with Crippen molar-refractivity contribution in [2.45, 2.75) is 44.9 Å². The molecule has 4 heteroatoms. The normalized spacial score (nSPS) is 17.0. The number of hydrogen-bond acceptors (Lipinski definition) is 4. The van der Waals surface area contributed by atoms with Crippen molar-refractivity contribution < 1.29 is 9.32 Å². The van der Waals surface area contributed by atoms with Crippen molar-refractivity contribution in [2.24, 2.45) is 0 Å². The Bertz CT molecular complexity index is 468. The van der Waals surface area contributed by atoms with Gasteiger partial charge in [0.25, 0.3) is 0 Å². The lowest BCUT2D eigenvalue weighted by atomic mass is 9.84. The standard InChI is InChI=1S/C15H22N2O2/c1-11-14(13(18)9-10-17(2)3)15(16-19-11)12-7-5-4-6-8-12/h9-10,12H,4-8H2,1-3H3/b10-9+. The van der Waals surface area contributed by atoms with Crippen LogP contribution in [0.15, 0.2) is 16.8 Å². The van der Waals surface area contributed by atoms with Crippen molar-refractivity contribution in [3.63, 3.8) is 0 Å². The van der Waals surface area contributed by atoms with Gasteiger partial charge in [-0.2, -0.15) is 0 Å². The lowest BCUT2D eigenvalue weighted by Gasteiger charge is -2.19. The van der Waals surface area contributed by atoms with Gasteiger partial charge in [-0.15, -0.1) is 0 Å². The molecule has 0 radical (unpaired) electrons. The van der Waals surface area contributed by atoms with Crippen LogP contribution < -0.4 is 0 Å². The van der Waals surface area contributed by atoms with Crippen LogP contribution in [0, 0.1) is 6.92 Å². The molecule has 0 unspecified atom stereocenters. The van der Waals surface area contributed by atoms with Crippen molar-refractivity contribution in [1.82, 2.24) is 10.1 Å². The Balaban J connectivity index is 2.24. The van der Waals surface area contributed by atoms with Crippen molar-refractivity contribution in [3.05, 3.63) is 29.3 Å². The molecule has 0 amide bonds. The summed E-state index contributed by atoms with van der Waals surface area (Å²) in [6.07, 6.45) is 9.31. The molecule has 0 aromatic carbocycles. The summed E-state index contributed by atoms with van der Waals surface area (Å²) in [6, 6.07) is 0. The number of carbonyl (C=O) groups excluding carboxylic acids is 1. The lowest BCUT2D eigenvalue weighted by Crippen LogP contribution is -2.10. The molecule has 104 valence electrons. The highest BCUT2D eigenvalue weighted by molar-refractivity contribution is 6.06. The summed E-state index contributed by atoms with van der Waals surface area (Å²) in [5.41, 5.74) is 1.54. The number of rotatable bonds is 4. The molecule has 1 saturated carbocycles. The average Bonchev–Trinajstić information content (AvgIpc) is 2.79. The maximum Gasteiger partial charge on any atom is 0.192 e. The van der Waals surface area contributed by atoms with E-state index in [4.69, 9.17) is 4.52 Å². The van der Waals surface area contributed by atoms with Gasteiger partial charge in [0.05, 0.1) is 11.3 Å². The van der Waals surface area contributed by atoms with Crippen molar-refractivity contribution >= 4 is 5.78 Å². The summed E-state index contributed by atoms with van der Waals surface area (Å²) in [7, 11) is 3.79. The van der Waals surface area contributed by atoms with Gasteiger partial charge in [0.1, 0.15) is 5.76 Å². The van der Waals surface area contributed by atoms with Crippen LogP contribution >= 0.6 is 0 Å². The molecule has 4 nitrogen and oxygen atoms in total. The molecule has 1 fully saturated rings. The van der Waals surface area contributed by atoms with Crippen molar-refractivity contribution in [1.29, 1.82) is 0 Å². The maximum absolute atomic E-state index is 12.3. The van der Waals surface area contributed by atoms with Gasteiger partial charge in [-0.3, -0.25) is 4.79 Å². The molecule has 0 bridgehead atoms. The highest BCUT2D eigenvalue weighted by Crippen LogP contribution is 2.34. The van der Waals surface area contributed by atoms with Gasteiger partial charge < -0.3 is 9.42 Å². The van der Waals surface area contributed by atoms with E-state index in [1.807, 2.05) is 25.9 Å². The molecule has 1 aliphatic carbocycles. The number of allylic oxidation sites excluding steroid dienone is 1. The van der Waals surface area contributed by atoms with E-state index in [0.29, 0.717) is 17.2 Å². The van der Waals surface area contributed by atoms with Crippen LogP contribution in [-0.4, -0.2) is 29.9 Å². The van der Waals surface area contributed by atoms with Crippen LogP contribution in [0.25, 0.3) is 0 Å². The molecular formula is C15H22N2O2. The van der Waals surface area contributed by atoms with Crippen LogP contribution in [0.2, 0.25) is 0 Å². The van der Waals surface area contributed by atoms with E-state index in [1.165, 1.54) is 19.3 Å². The zero-order chi connectivity index (χ0) is 13.8. The maximum atomic E-state index is 12.3. The van der Waals surface area contributed by atoms with Gasteiger partial charge in [-0.1, -0.05) is 24.4 Å². The summed E-state index contributed by atoms with van der Waals surface area (Å²) in [6.45, 7) is 1.82. The topological polar surface area (TPSA) is 46.3 Å². The number of aromatic nitrogens is 1. The Labute approximate surface area is 114 Å². The number of nitrogens with zero attached hydrogens (tertiary/aromatic N) is 2. The van der Waals surface area contributed by atoms with Gasteiger partial charge in [-0.05, 0) is 19.8 Å². The van der Waals surface area contributed by atoms with E-state index >= 15 is 0 Å². The molecule has 0 aliphatic heterocycles. The molecule has 0 saturated heterocycles. The summed E-state index contributed by atoms with van der Waals surface area (Å²) >= 11 is 0. The fourth-order valence-corrected chi connectivity index (χ4v) is 2.64.